The molecular weight excluding hydrogens is 323 g/mol. The Morgan fingerprint density at radius 1 is 0.667 bits per heavy atom. The maximum Gasteiger partial charge on any atom is 0.123 e. The second kappa shape index (κ2) is 15.9. The minimum absolute atomic E-state index is 0.212. The lowest BCUT2D eigenvalue weighted by molar-refractivity contribution is 0.0392. The first-order valence-electron chi connectivity index (χ1n) is 9.33. The number of hydrogen-bond donors (Lipinski definition) is 1. The molecule has 0 aliphatic rings. The van der Waals surface area contributed by atoms with Gasteiger partial charge in [0.2, 0.25) is 0 Å². The van der Waals surface area contributed by atoms with E-state index in [1.165, 1.54) is 63.5 Å². The molecule has 0 atom stereocenters. The van der Waals surface area contributed by atoms with Crippen LogP contribution in [0.5, 0.6) is 0 Å². The average Bonchev–Trinajstić information content (AvgIpc) is 2.60. The molecule has 0 saturated heterocycles. The highest BCUT2D eigenvalue weighted by atomic mass is 32.1. The van der Waals surface area contributed by atoms with Crippen molar-refractivity contribution in [3.05, 3.63) is 35.6 Å². The van der Waals surface area contributed by atoms with Gasteiger partial charge in [0.25, 0.3) is 0 Å². The third-order valence-corrected chi connectivity index (χ3v) is 4.32. The Kier molecular flexibility index (Phi) is 14.2. The Labute approximate surface area is 152 Å². The van der Waals surface area contributed by atoms with Gasteiger partial charge in [-0.15, -0.1) is 0 Å². The molecular formula is C20H33FO2S. The van der Waals surface area contributed by atoms with E-state index >= 15 is 0 Å². The molecule has 0 bridgehead atoms. The molecule has 4 heteroatoms. The molecule has 0 aromatic heterocycles. The van der Waals surface area contributed by atoms with Crippen molar-refractivity contribution in [2.75, 3.05) is 25.6 Å². The zero-order valence-electron chi connectivity index (χ0n) is 14.9. The predicted octanol–water partition coefficient (Wildman–Crippen LogP) is 5.80. The summed E-state index contributed by atoms with van der Waals surface area (Å²) in [6.07, 6.45) is 11.7. The fourth-order valence-electron chi connectivity index (χ4n) is 2.54. The second-order valence-corrected chi connectivity index (χ2v) is 6.64. The minimum Gasteiger partial charge on any atom is -0.379 e. The van der Waals surface area contributed by atoms with E-state index in [1.807, 2.05) is 0 Å². The fraction of sp³-hybridized carbons (Fsp3) is 0.700. The van der Waals surface area contributed by atoms with Crippen LogP contribution in [0.3, 0.4) is 0 Å². The Hall–Kier alpha value is -0.580. The zero-order chi connectivity index (χ0) is 17.3. The number of thiol groups is 1. The fourth-order valence-corrected chi connectivity index (χ4v) is 2.77. The Morgan fingerprint density at radius 3 is 1.83 bits per heavy atom. The molecule has 0 amide bonds. The number of rotatable bonds is 16. The van der Waals surface area contributed by atoms with Gasteiger partial charge in [-0.05, 0) is 36.3 Å². The van der Waals surface area contributed by atoms with Crippen molar-refractivity contribution < 1.29 is 13.9 Å². The van der Waals surface area contributed by atoms with Crippen LogP contribution in [0, 0.1) is 5.82 Å². The first-order chi connectivity index (χ1) is 11.8. The lowest BCUT2D eigenvalue weighted by Crippen LogP contribution is -2.05. The summed E-state index contributed by atoms with van der Waals surface area (Å²) in [5, 5.41) is 0. The molecule has 0 fully saturated rings. The van der Waals surface area contributed by atoms with Crippen molar-refractivity contribution in [1.82, 2.24) is 0 Å². The van der Waals surface area contributed by atoms with E-state index in [0.29, 0.717) is 19.8 Å². The molecule has 0 aliphatic heterocycles. The van der Waals surface area contributed by atoms with Crippen molar-refractivity contribution >= 4 is 12.6 Å². The van der Waals surface area contributed by atoms with Gasteiger partial charge in [0.1, 0.15) is 5.82 Å². The summed E-state index contributed by atoms with van der Waals surface area (Å²) in [5.74, 6) is 0.813. The molecule has 0 N–H and O–H groups in total. The van der Waals surface area contributed by atoms with Crippen molar-refractivity contribution in [3.63, 3.8) is 0 Å². The van der Waals surface area contributed by atoms with Gasteiger partial charge in [-0.1, -0.05) is 57.1 Å². The molecule has 1 rings (SSSR count). The van der Waals surface area contributed by atoms with Gasteiger partial charge >= 0.3 is 0 Å². The van der Waals surface area contributed by atoms with Crippen LogP contribution in [0.2, 0.25) is 0 Å². The van der Waals surface area contributed by atoms with E-state index in [-0.39, 0.29) is 5.82 Å². The summed E-state index contributed by atoms with van der Waals surface area (Å²) in [4.78, 5) is 0. The Morgan fingerprint density at radius 2 is 1.21 bits per heavy atom. The molecule has 0 heterocycles. The molecule has 0 unspecified atom stereocenters. The highest BCUT2D eigenvalue weighted by Gasteiger charge is 1.96. The van der Waals surface area contributed by atoms with Crippen LogP contribution in [0.1, 0.15) is 63.4 Å². The van der Waals surface area contributed by atoms with Crippen LogP contribution in [0.15, 0.2) is 24.3 Å². The van der Waals surface area contributed by atoms with Gasteiger partial charge in [0, 0.05) is 6.61 Å². The highest BCUT2D eigenvalue weighted by Crippen LogP contribution is 2.10. The number of halogens is 1. The lowest BCUT2D eigenvalue weighted by Gasteiger charge is -2.06. The van der Waals surface area contributed by atoms with Gasteiger partial charge in [-0.3, -0.25) is 0 Å². The van der Waals surface area contributed by atoms with Crippen molar-refractivity contribution in [3.8, 4) is 0 Å². The standard InChI is InChI=1S/C20H33FO2S/c21-20-12-10-19(11-13-20)18-23-16-15-22-14-8-6-4-2-1-3-5-7-9-17-24/h10-13,24H,1-9,14-18H2. The molecule has 138 valence electrons. The summed E-state index contributed by atoms with van der Waals surface area (Å²) in [6.45, 7) is 2.55. The molecule has 0 saturated carbocycles. The smallest absolute Gasteiger partial charge is 0.123 e. The van der Waals surface area contributed by atoms with Gasteiger partial charge in [0.05, 0.1) is 19.8 Å². The summed E-state index contributed by atoms with van der Waals surface area (Å²) in [7, 11) is 0. The molecule has 2 nitrogen and oxygen atoms in total. The second-order valence-electron chi connectivity index (χ2n) is 6.20. The topological polar surface area (TPSA) is 18.5 Å². The molecule has 0 aliphatic carbocycles. The first kappa shape index (κ1) is 21.5. The predicted molar refractivity (Wildman–Crippen MR) is 102 cm³/mol. The van der Waals surface area contributed by atoms with Gasteiger partial charge in [-0.2, -0.15) is 12.6 Å². The molecule has 24 heavy (non-hydrogen) atoms. The monoisotopic (exact) mass is 356 g/mol. The molecule has 0 radical (unpaired) electrons. The van der Waals surface area contributed by atoms with Crippen molar-refractivity contribution in [2.45, 2.75) is 64.4 Å². The van der Waals surface area contributed by atoms with Gasteiger partial charge < -0.3 is 9.47 Å². The van der Waals surface area contributed by atoms with Crippen LogP contribution in [0.4, 0.5) is 4.39 Å². The average molecular weight is 357 g/mol. The SMILES string of the molecule is Fc1ccc(COCCOCCCCCCCCCCCS)cc1. The number of benzene rings is 1. The summed E-state index contributed by atoms with van der Waals surface area (Å²) >= 11 is 4.23. The first-order valence-corrected chi connectivity index (χ1v) is 9.97. The van der Waals surface area contributed by atoms with Crippen LogP contribution in [-0.4, -0.2) is 25.6 Å². The maximum atomic E-state index is 12.7. The number of ether oxygens (including phenoxy) is 2. The maximum absolute atomic E-state index is 12.7. The zero-order valence-corrected chi connectivity index (χ0v) is 15.7. The van der Waals surface area contributed by atoms with Crippen LogP contribution in [-0.2, 0) is 16.1 Å². The van der Waals surface area contributed by atoms with Gasteiger partial charge in [-0.25, -0.2) is 4.39 Å². The van der Waals surface area contributed by atoms with E-state index in [1.54, 1.807) is 12.1 Å². The number of hydrogen-bond acceptors (Lipinski definition) is 3. The lowest BCUT2D eigenvalue weighted by atomic mass is 10.1. The molecule has 1 aromatic rings. The minimum atomic E-state index is -0.212. The van der Waals surface area contributed by atoms with Crippen LogP contribution >= 0.6 is 12.6 Å². The largest absolute Gasteiger partial charge is 0.379 e. The van der Waals surface area contributed by atoms with E-state index in [4.69, 9.17) is 9.47 Å². The third kappa shape index (κ3) is 12.8. The Bertz CT molecular complexity index is 384. The molecule has 0 spiro atoms. The van der Waals surface area contributed by atoms with Crippen molar-refractivity contribution in [1.29, 1.82) is 0 Å². The Balaban J connectivity index is 1.75. The van der Waals surface area contributed by atoms with E-state index in [0.717, 1.165) is 24.3 Å². The summed E-state index contributed by atoms with van der Waals surface area (Å²) in [5.41, 5.74) is 0.988. The van der Waals surface area contributed by atoms with Crippen molar-refractivity contribution in [2.24, 2.45) is 0 Å². The van der Waals surface area contributed by atoms with Gasteiger partial charge in [0.15, 0.2) is 0 Å². The highest BCUT2D eigenvalue weighted by molar-refractivity contribution is 7.80. The third-order valence-electron chi connectivity index (χ3n) is 4.00. The summed E-state index contributed by atoms with van der Waals surface area (Å²) in [6, 6.07) is 6.40. The summed E-state index contributed by atoms with van der Waals surface area (Å²) < 4.78 is 23.8. The number of unbranched alkanes of at least 4 members (excludes halogenated alkanes) is 8. The molecule has 1 aromatic carbocycles. The van der Waals surface area contributed by atoms with E-state index in [2.05, 4.69) is 12.6 Å². The van der Waals surface area contributed by atoms with Crippen LogP contribution < -0.4 is 0 Å². The van der Waals surface area contributed by atoms with E-state index < -0.39 is 0 Å². The van der Waals surface area contributed by atoms with Crippen LogP contribution in [0.25, 0.3) is 0 Å². The quantitative estimate of drug-likeness (QED) is 0.298. The normalized spacial score (nSPS) is 11.1. The van der Waals surface area contributed by atoms with E-state index in [9.17, 15) is 4.39 Å².